The van der Waals surface area contributed by atoms with Crippen LogP contribution in [0.4, 0.5) is 5.69 Å². The van der Waals surface area contributed by atoms with Crippen molar-refractivity contribution in [3.05, 3.63) is 64.7 Å². The Morgan fingerprint density at radius 2 is 1.77 bits per heavy atom. The molecule has 1 aliphatic rings. The van der Waals surface area contributed by atoms with Crippen LogP contribution in [0.5, 0.6) is 0 Å². The van der Waals surface area contributed by atoms with E-state index in [9.17, 15) is 9.59 Å². The van der Waals surface area contributed by atoms with Gasteiger partial charge in [0.15, 0.2) is 0 Å². The minimum Gasteiger partial charge on any atom is -0.342 e. The first-order chi connectivity index (χ1) is 12.5. The van der Waals surface area contributed by atoms with E-state index in [0.29, 0.717) is 13.0 Å². The van der Waals surface area contributed by atoms with E-state index in [4.69, 9.17) is 0 Å². The first kappa shape index (κ1) is 18.2. The maximum atomic E-state index is 12.5. The minimum atomic E-state index is -0.0290. The molecule has 0 saturated carbocycles. The number of para-hydroxylation sites is 1. The molecule has 0 radical (unpaired) electrons. The van der Waals surface area contributed by atoms with Gasteiger partial charge >= 0.3 is 0 Å². The van der Waals surface area contributed by atoms with Gasteiger partial charge in [-0.05, 0) is 54.0 Å². The average Bonchev–Trinajstić information content (AvgIpc) is 2.63. The molecule has 0 fully saturated rings. The molecular weight excluding hydrogens is 324 g/mol. The summed E-state index contributed by atoms with van der Waals surface area (Å²) in [4.78, 5) is 25.6. The second kappa shape index (κ2) is 8.17. The maximum Gasteiger partial charge on any atom is 0.228 e. The summed E-state index contributed by atoms with van der Waals surface area (Å²) >= 11 is 0. The summed E-state index contributed by atoms with van der Waals surface area (Å²) in [5, 5.41) is 3.01. The van der Waals surface area contributed by atoms with Crippen molar-refractivity contribution in [2.24, 2.45) is 0 Å². The lowest BCUT2D eigenvalue weighted by Crippen LogP contribution is -2.24. The zero-order chi connectivity index (χ0) is 18.5. The Balaban J connectivity index is 1.68. The van der Waals surface area contributed by atoms with Crippen molar-refractivity contribution in [3.8, 4) is 0 Å². The van der Waals surface area contributed by atoms with Crippen molar-refractivity contribution >= 4 is 17.5 Å². The van der Waals surface area contributed by atoms with Gasteiger partial charge in [-0.25, -0.2) is 0 Å². The van der Waals surface area contributed by atoms with Crippen molar-refractivity contribution in [1.29, 1.82) is 0 Å². The fraction of sp³-hybridized carbons (Fsp3) is 0.364. The molecule has 0 aromatic heterocycles. The molecule has 26 heavy (non-hydrogen) atoms. The first-order valence-corrected chi connectivity index (χ1v) is 9.23. The predicted octanol–water partition coefficient (Wildman–Crippen LogP) is 3.72. The van der Waals surface area contributed by atoms with E-state index in [0.717, 1.165) is 29.7 Å². The third-order valence-electron chi connectivity index (χ3n) is 5.01. The topological polar surface area (TPSA) is 49.4 Å². The molecular formula is C22H26N2O2. The van der Waals surface area contributed by atoms with Crippen LogP contribution in [-0.2, 0) is 35.4 Å². The van der Waals surface area contributed by atoms with Crippen LogP contribution in [-0.4, -0.2) is 23.8 Å². The number of anilines is 1. The largest absolute Gasteiger partial charge is 0.342 e. The average molecular weight is 350 g/mol. The molecule has 2 aromatic carbocycles. The molecule has 2 aromatic rings. The Bertz CT molecular complexity index is 814. The highest BCUT2D eigenvalue weighted by molar-refractivity contribution is 5.93. The number of nitrogens with one attached hydrogen (secondary N) is 1. The van der Waals surface area contributed by atoms with Gasteiger partial charge in [0.25, 0.3) is 0 Å². The zero-order valence-corrected chi connectivity index (χ0v) is 15.5. The number of amides is 2. The summed E-state index contributed by atoms with van der Waals surface area (Å²) in [5.41, 5.74) is 5.58. The fourth-order valence-electron chi connectivity index (χ4n) is 3.42. The molecule has 0 unspecified atom stereocenters. The lowest BCUT2D eigenvalue weighted by molar-refractivity contribution is -0.128. The first-order valence-electron chi connectivity index (χ1n) is 9.23. The zero-order valence-electron chi connectivity index (χ0n) is 15.5. The summed E-state index contributed by atoms with van der Waals surface area (Å²) < 4.78 is 0. The van der Waals surface area contributed by atoms with Crippen LogP contribution in [0.1, 0.15) is 42.0 Å². The van der Waals surface area contributed by atoms with Crippen LogP contribution in [0.3, 0.4) is 0 Å². The van der Waals surface area contributed by atoms with Crippen LogP contribution in [0.25, 0.3) is 0 Å². The molecule has 136 valence electrons. The molecule has 0 saturated heterocycles. The number of fused-ring (bicyclic) bond motifs is 1. The van der Waals surface area contributed by atoms with E-state index in [1.165, 1.54) is 30.9 Å². The van der Waals surface area contributed by atoms with Gasteiger partial charge in [-0.3, -0.25) is 9.59 Å². The number of rotatable bonds is 5. The summed E-state index contributed by atoms with van der Waals surface area (Å²) in [5.74, 6) is -0.0288. The second-order valence-electron chi connectivity index (χ2n) is 7.07. The number of benzene rings is 2. The van der Waals surface area contributed by atoms with Crippen molar-refractivity contribution in [3.63, 3.8) is 0 Å². The van der Waals surface area contributed by atoms with Crippen LogP contribution in [0.15, 0.2) is 42.5 Å². The lowest BCUT2D eigenvalue weighted by atomic mass is 9.90. The number of nitrogens with zero attached hydrogens (tertiary/aromatic N) is 1. The van der Waals surface area contributed by atoms with Gasteiger partial charge in [-0.1, -0.05) is 36.4 Å². The molecule has 0 heterocycles. The number of hydrogen-bond donors (Lipinski definition) is 1. The van der Waals surface area contributed by atoms with E-state index in [2.05, 4.69) is 23.5 Å². The van der Waals surface area contributed by atoms with Gasteiger partial charge in [0.2, 0.25) is 11.8 Å². The number of aryl methyl sites for hydroxylation is 2. The lowest BCUT2D eigenvalue weighted by Gasteiger charge is -2.18. The van der Waals surface area contributed by atoms with Crippen LogP contribution >= 0.6 is 0 Å². The molecule has 4 nitrogen and oxygen atoms in total. The van der Waals surface area contributed by atoms with Crippen LogP contribution in [0, 0.1) is 0 Å². The standard InChI is InChI=1S/C22H26N2O2/c1-16(25)24(2)15-20-9-5-6-10-21(20)23-22(26)14-17-11-12-18-7-3-4-8-19(18)13-17/h5-6,9-13H,3-4,7-8,14-15H2,1-2H3,(H,23,26). The van der Waals surface area contributed by atoms with Gasteiger partial charge in [-0.15, -0.1) is 0 Å². The number of carbonyl (C=O) groups is 2. The maximum absolute atomic E-state index is 12.5. The Morgan fingerprint density at radius 1 is 1.04 bits per heavy atom. The van der Waals surface area contributed by atoms with Gasteiger partial charge < -0.3 is 10.2 Å². The van der Waals surface area contributed by atoms with Gasteiger partial charge in [0.1, 0.15) is 0 Å². The van der Waals surface area contributed by atoms with Crippen LogP contribution < -0.4 is 5.32 Å². The number of hydrogen-bond acceptors (Lipinski definition) is 2. The summed E-state index contributed by atoms with van der Waals surface area (Å²) in [6.07, 6.45) is 5.13. The smallest absolute Gasteiger partial charge is 0.228 e. The molecule has 0 atom stereocenters. The van der Waals surface area contributed by atoms with E-state index in [1.54, 1.807) is 11.9 Å². The SMILES string of the molecule is CC(=O)N(C)Cc1ccccc1NC(=O)Cc1ccc2c(c1)CCCC2. The quantitative estimate of drug-likeness (QED) is 0.893. The molecule has 0 spiro atoms. The van der Waals surface area contributed by atoms with E-state index >= 15 is 0 Å². The van der Waals surface area contributed by atoms with E-state index in [-0.39, 0.29) is 11.8 Å². The molecule has 0 aliphatic heterocycles. The van der Waals surface area contributed by atoms with E-state index < -0.39 is 0 Å². The molecule has 1 N–H and O–H groups in total. The minimum absolute atomic E-state index is 0.000175. The summed E-state index contributed by atoms with van der Waals surface area (Å²) in [6, 6.07) is 14.1. The molecule has 1 aliphatic carbocycles. The van der Waals surface area contributed by atoms with Gasteiger partial charge in [0, 0.05) is 26.2 Å². The third-order valence-corrected chi connectivity index (χ3v) is 5.01. The fourth-order valence-corrected chi connectivity index (χ4v) is 3.42. The van der Waals surface area contributed by atoms with Gasteiger partial charge in [-0.2, -0.15) is 0 Å². The Labute approximate surface area is 155 Å². The van der Waals surface area contributed by atoms with Crippen molar-refractivity contribution in [2.45, 2.75) is 45.6 Å². The Kier molecular flexibility index (Phi) is 5.71. The highest BCUT2D eigenvalue weighted by Crippen LogP contribution is 2.23. The van der Waals surface area contributed by atoms with Crippen molar-refractivity contribution < 1.29 is 9.59 Å². The molecule has 2 amide bonds. The van der Waals surface area contributed by atoms with E-state index in [1.807, 2.05) is 24.3 Å². The van der Waals surface area contributed by atoms with Crippen LogP contribution in [0.2, 0.25) is 0 Å². The summed E-state index contributed by atoms with van der Waals surface area (Å²) in [7, 11) is 1.76. The molecule has 0 bridgehead atoms. The third kappa shape index (κ3) is 4.51. The normalized spacial score (nSPS) is 13.0. The predicted molar refractivity (Wildman–Crippen MR) is 104 cm³/mol. The second-order valence-corrected chi connectivity index (χ2v) is 7.07. The van der Waals surface area contributed by atoms with Crippen molar-refractivity contribution in [2.75, 3.05) is 12.4 Å². The Hall–Kier alpha value is -2.62. The van der Waals surface area contributed by atoms with Gasteiger partial charge in [0.05, 0.1) is 6.42 Å². The summed E-state index contributed by atoms with van der Waals surface area (Å²) in [6.45, 7) is 2.02. The molecule has 3 rings (SSSR count). The Morgan fingerprint density at radius 3 is 2.54 bits per heavy atom. The molecule has 4 heteroatoms. The van der Waals surface area contributed by atoms with Crippen molar-refractivity contribution in [1.82, 2.24) is 4.90 Å². The highest BCUT2D eigenvalue weighted by Gasteiger charge is 2.13. The number of carbonyl (C=O) groups excluding carboxylic acids is 2. The monoisotopic (exact) mass is 350 g/mol. The highest BCUT2D eigenvalue weighted by atomic mass is 16.2.